The van der Waals surface area contributed by atoms with Crippen LogP contribution in [-0.4, -0.2) is 75.9 Å². The van der Waals surface area contributed by atoms with Crippen molar-refractivity contribution < 1.29 is 39.7 Å². The summed E-state index contributed by atoms with van der Waals surface area (Å²) in [6, 6.07) is 12.2. The van der Waals surface area contributed by atoms with Crippen LogP contribution in [0.2, 0.25) is 5.02 Å². The van der Waals surface area contributed by atoms with Crippen molar-refractivity contribution in [1.29, 1.82) is 0 Å². The molecule has 32 heavy (non-hydrogen) atoms. The van der Waals surface area contributed by atoms with E-state index in [0.717, 1.165) is 17.7 Å². The van der Waals surface area contributed by atoms with E-state index < -0.39 is 36.8 Å². The van der Waals surface area contributed by atoms with Gasteiger partial charge in [-0.2, -0.15) is 0 Å². The zero-order valence-corrected chi connectivity index (χ0v) is 18.1. The molecule has 2 aromatic rings. The molecule has 2 heterocycles. The molecule has 0 spiro atoms. The maximum absolute atomic E-state index is 11.0. The summed E-state index contributed by atoms with van der Waals surface area (Å²) in [7, 11) is 0. The first-order valence-electron chi connectivity index (χ1n) is 10.5. The second-order valence-electron chi connectivity index (χ2n) is 8.19. The van der Waals surface area contributed by atoms with E-state index in [9.17, 15) is 25.5 Å². The number of hydrogen-bond acceptors (Lipinski definition) is 8. The molecule has 174 valence electrons. The van der Waals surface area contributed by atoms with Crippen molar-refractivity contribution in [3.63, 3.8) is 0 Å². The maximum Gasteiger partial charge on any atom is 0.222 e. The molecule has 2 aliphatic rings. The maximum atomic E-state index is 11.0. The highest BCUT2D eigenvalue weighted by Crippen LogP contribution is 2.38. The molecule has 0 aliphatic carbocycles. The molecular formula is C23H27ClO8. The van der Waals surface area contributed by atoms with E-state index in [2.05, 4.69) is 0 Å². The topological polar surface area (TPSA) is 129 Å². The molecule has 9 heteroatoms. The van der Waals surface area contributed by atoms with Gasteiger partial charge in [-0.15, -0.1) is 0 Å². The van der Waals surface area contributed by atoms with Gasteiger partial charge in [0.25, 0.3) is 0 Å². The monoisotopic (exact) mass is 466 g/mol. The summed E-state index contributed by atoms with van der Waals surface area (Å²) in [6.07, 6.45) is -4.99. The normalized spacial score (nSPS) is 32.8. The highest BCUT2D eigenvalue weighted by molar-refractivity contribution is 6.31. The Morgan fingerprint density at radius 1 is 1.06 bits per heavy atom. The molecule has 2 aliphatic heterocycles. The lowest BCUT2D eigenvalue weighted by molar-refractivity contribution is -0.357. The first-order chi connectivity index (χ1) is 15.3. The number of halogens is 1. The van der Waals surface area contributed by atoms with Crippen molar-refractivity contribution in [2.24, 2.45) is 0 Å². The molecule has 4 rings (SSSR count). The minimum atomic E-state index is -2.33. The number of aliphatic hydroxyl groups is 5. The van der Waals surface area contributed by atoms with Crippen molar-refractivity contribution in [2.75, 3.05) is 19.8 Å². The van der Waals surface area contributed by atoms with Gasteiger partial charge >= 0.3 is 0 Å². The summed E-state index contributed by atoms with van der Waals surface area (Å²) in [4.78, 5) is 0. The summed E-state index contributed by atoms with van der Waals surface area (Å²) >= 11 is 6.37. The Hall–Kier alpha value is -1.75. The van der Waals surface area contributed by atoms with Gasteiger partial charge in [-0.3, -0.25) is 0 Å². The Balaban J connectivity index is 1.53. The molecule has 0 aromatic heterocycles. The van der Waals surface area contributed by atoms with Crippen LogP contribution in [0.15, 0.2) is 42.5 Å². The molecule has 2 saturated heterocycles. The first-order valence-corrected chi connectivity index (χ1v) is 10.9. The van der Waals surface area contributed by atoms with Crippen LogP contribution in [0.25, 0.3) is 0 Å². The summed E-state index contributed by atoms with van der Waals surface area (Å²) in [6.45, 7) is 0.649. The Kier molecular flexibility index (Phi) is 7.04. The van der Waals surface area contributed by atoms with Gasteiger partial charge in [0.2, 0.25) is 5.79 Å². The third kappa shape index (κ3) is 4.64. The van der Waals surface area contributed by atoms with Gasteiger partial charge in [0, 0.05) is 17.0 Å². The van der Waals surface area contributed by atoms with Gasteiger partial charge in [0.05, 0.1) is 19.8 Å². The third-order valence-electron chi connectivity index (χ3n) is 5.93. The fourth-order valence-corrected chi connectivity index (χ4v) is 4.21. The average Bonchev–Trinajstić information content (AvgIpc) is 3.30. The number of ether oxygens (including phenoxy) is 3. The second-order valence-corrected chi connectivity index (χ2v) is 8.60. The van der Waals surface area contributed by atoms with Crippen LogP contribution >= 0.6 is 11.6 Å². The van der Waals surface area contributed by atoms with Crippen molar-refractivity contribution in [2.45, 2.75) is 49.1 Å². The van der Waals surface area contributed by atoms with Gasteiger partial charge in [0.15, 0.2) is 0 Å². The molecular weight excluding hydrogens is 440 g/mol. The SMILES string of the molecule is OC[C@H]1O[C@@](O)(c2ccc(Cl)c(Cc3ccc(OC4CCOC4)cc3)c2)[C@H](O)[C@@H](O)[C@H]1O. The summed E-state index contributed by atoms with van der Waals surface area (Å²) < 4.78 is 16.6. The van der Waals surface area contributed by atoms with Crippen molar-refractivity contribution in [3.8, 4) is 5.75 Å². The molecule has 0 bridgehead atoms. The molecule has 6 atom stereocenters. The lowest BCUT2D eigenvalue weighted by Gasteiger charge is -2.45. The Labute approximate surface area is 190 Å². The van der Waals surface area contributed by atoms with Gasteiger partial charge in [-0.25, -0.2) is 0 Å². The van der Waals surface area contributed by atoms with Crippen molar-refractivity contribution in [1.82, 2.24) is 0 Å². The fourth-order valence-electron chi connectivity index (χ4n) is 4.03. The van der Waals surface area contributed by atoms with Crippen LogP contribution in [0.5, 0.6) is 5.75 Å². The lowest BCUT2D eigenvalue weighted by Crippen LogP contribution is -2.63. The van der Waals surface area contributed by atoms with E-state index >= 15 is 0 Å². The third-order valence-corrected chi connectivity index (χ3v) is 6.30. The van der Waals surface area contributed by atoms with E-state index in [1.807, 2.05) is 24.3 Å². The lowest BCUT2D eigenvalue weighted by atomic mass is 9.87. The first kappa shape index (κ1) is 23.4. The predicted octanol–water partition coefficient (Wildman–Crippen LogP) is 0.717. The van der Waals surface area contributed by atoms with Crippen molar-refractivity contribution in [3.05, 3.63) is 64.2 Å². The van der Waals surface area contributed by atoms with E-state index in [0.29, 0.717) is 30.2 Å². The molecule has 0 saturated carbocycles. The Bertz CT molecular complexity index is 915. The molecule has 5 N–H and O–H groups in total. The van der Waals surface area contributed by atoms with Gasteiger partial charge in [0.1, 0.15) is 36.3 Å². The Morgan fingerprint density at radius 2 is 1.81 bits per heavy atom. The van der Waals surface area contributed by atoms with Gasteiger partial charge in [-0.05, 0) is 41.8 Å². The van der Waals surface area contributed by atoms with Crippen LogP contribution < -0.4 is 4.74 Å². The van der Waals surface area contributed by atoms with E-state index in [4.69, 9.17) is 25.8 Å². The van der Waals surface area contributed by atoms with Crippen LogP contribution in [0.4, 0.5) is 0 Å². The van der Waals surface area contributed by atoms with Crippen LogP contribution in [0.1, 0.15) is 23.1 Å². The highest BCUT2D eigenvalue weighted by Gasteiger charge is 2.53. The zero-order chi connectivity index (χ0) is 22.9. The van der Waals surface area contributed by atoms with E-state index in [1.165, 1.54) is 6.07 Å². The minimum absolute atomic E-state index is 0.0613. The number of benzene rings is 2. The summed E-state index contributed by atoms with van der Waals surface area (Å²) in [5.41, 5.74) is 1.75. The van der Waals surface area contributed by atoms with Gasteiger partial charge in [-0.1, -0.05) is 29.8 Å². The molecule has 2 fully saturated rings. The standard InChI is InChI=1S/C23H27ClO8/c24-18-6-3-15(23(29)22(28)21(27)20(26)19(11-25)32-23)10-14(18)9-13-1-4-16(5-2-13)31-17-7-8-30-12-17/h1-6,10,17,19-22,25-29H,7-9,11-12H2/t17?,19-,20+,21+,22-,23+/m1/s1. The summed E-state index contributed by atoms with van der Waals surface area (Å²) in [5.74, 6) is -1.58. The van der Waals surface area contributed by atoms with E-state index in [1.54, 1.807) is 12.1 Å². The molecule has 1 unspecified atom stereocenters. The van der Waals surface area contributed by atoms with E-state index in [-0.39, 0.29) is 11.7 Å². The van der Waals surface area contributed by atoms with Crippen molar-refractivity contribution >= 4 is 11.6 Å². The van der Waals surface area contributed by atoms with Crippen LogP contribution in [-0.2, 0) is 21.7 Å². The average molecular weight is 467 g/mol. The van der Waals surface area contributed by atoms with Gasteiger partial charge < -0.3 is 39.7 Å². The quantitative estimate of drug-likeness (QED) is 0.421. The predicted molar refractivity (Wildman–Crippen MR) is 114 cm³/mol. The van der Waals surface area contributed by atoms with Crippen LogP contribution in [0, 0.1) is 0 Å². The minimum Gasteiger partial charge on any atom is -0.488 e. The van der Waals surface area contributed by atoms with Crippen LogP contribution in [0.3, 0.4) is 0 Å². The zero-order valence-electron chi connectivity index (χ0n) is 17.3. The largest absolute Gasteiger partial charge is 0.488 e. The fraction of sp³-hybridized carbons (Fsp3) is 0.478. The molecule has 0 radical (unpaired) electrons. The number of aliphatic hydroxyl groups excluding tert-OH is 4. The summed E-state index contributed by atoms with van der Waals surface area (Å²) in [5, 5.41) is 51.4. The molecule has 8 nitrogen and oxygen atoms in total. The number of hydrogen-bond donors (Lipinski definition) is 5. The molecule has 0 amide bonds. The number of rotatable bonds is 6. The second kappa shape index (κ2) is 9.62. The smallest absolute Gasteiger partial charge is 0.222 e. The Morgan fingerprint density at radius 3 is 2.47 bits per heavy atom. The highest BCUT2D eigenvalue weighted by atomic mass is 35.5. The molecule has 2 aromatic carbocycles.